The fourth-order valence-electron chi connectivity index (χ4n) is 2.57. The maximum Gasteiger partial charge on any atom is 0.0208 e. The topological polar surface area (TPSA) is 12.0 Å². The van der Waals surface area contributed by atoms with Crippen LogP contribution in [0.2, 0.25) is 0 Å². The number of benzene rings is 1. The van der Waals surface area contributed by atoms with Gasteiger partial charge in [-0.15, -0.1) is 0 Å². The van der Waals surface area contributed by atoms with Crippen molar-refractivity contribution in [3.05, 3.63) is 35.4 Å². The molecule has 2 unspecified atom stereocenters. The molecule has 2 atom stereocenters. The molecule has 1 aromatic rings. The van der Waals surface area contributed by atoms with Crippen LogP contribution in [0.4, 0.5) is 0 Å². The van der Waals surface area contributed by atoms with Crippen LogP contribution >= 0.6 is 0 Å². The molecule has 1 N–H and O–H groups in total. The quantitative estimate of drug-likeness (QED) is 0.793. The van der Waals surface area contributed by atoms with Crippen molar-refractivity contribution < 1.29 is 0 Å². The number of hydrogen-bond donors (Lipinski definition) is 1. The first-order valence-corrected chi connectivity index (χ1v) is 6.69. The molecule has 3 rings (SSSR count). The van der Waals surface area contributed by atoms with E-state index in [1.165, 1.54) is 31.2 Å². The van der Waals surface area contributed by atoms with Gasteiger partial charge in [0.25, 0.3) is 0 Å². The predicted octanol–water partition coefficient (Wildman–Crippen LogP) is 3.45. The largest absolute Gasteiger partial charge is 0.310 e. The second-order valence-corrected chi connectivity index (χ2v) is 5.41. The first-order valence-electron chi connectivity index (χ1n) is 6.69. The zero-order valence-electron chi connectivity index (χ0n) is 10.1. The molecule has 0 bridgehead atoms. The van der Waals surface area contributed by atoms with E-state index in [4.69, 9.17) is 0 Å². The maximum absolute atomic E-state index is 3.66. The maximum atomic E-state index is 3.66. The molecule has 0 amide bonds. The van der Waals surface area contributed by atoms with Gasteiger partial charge < -0.3 is 5.32 Å². The highest BCUT2D eigenvalue weighted by Gasteiger charge is 2.34. The molecular weight excluding hydrogens is 194 g/mol. The van der Waals surface area contributed by atoms with Gasteiger partial charge in [0.15, 0.2) is 0 Å². The van der Waals surface area contributed by atoms with E-state index in [-0.39, 0.29) is 0 Å². The Kier molecular flexibility index (Phi) is 2.72. The monoisotopic (exact) mass is 215 g/mol. The van der Waals surface area contributed by atoms with Gasteiger partial charge in [-0.3, -0.25) is 0 Å². The van der Waals surface area contributed by atoms with E-state index in [1.54, 1.807) is 5.56 Å². The molecule has 0 spiro atoms. The Morgan fingerprint density at radius 1 is 1.31 bits per heavy atom. The number of hydrogen-bond acceptors (Lipinski definition) is 1. The second kappa shape index (κ2) is 4.21. The molecule has 2 aliphatic rings. The Morgan fingerprint density at radius 3 is 2.88 bits per heavy atom. The highest BCUT2D eigenvalue weighted by atomic mass is 15.0. The highest BCUT2D eigenvalue weighted by Crippen LogP contribution is 2.40. The standard InChI is InChI=1S/C15H21N/c1-2-12-9-15(12)16-10-11-4-3-5-14(8-11)13-6-7-13/h3-5,8,12-13,15-16H,2,6-7,9-10H2,1H3. The summed E-state index contributed by atoms with van der Waals surface area (Å²) in [6.45, 7) is 3.35. The first kappa shape index (κ1) is 10.3. The summed E-state index contributed by atoms with van der Waals surface area (Å²) in [7, 11) is 0. The van der Waals surface area contributed by atoms with Crippen molar-refractivity contribution in [3.63, 3.8) is 0 Å². The van der Waals surface area contributed by atoms with Crippen LogP contribution in [0.25, 0.3) is 0 Å². The lowest BCUT2D eigenvalue weighted by molar-refractivity contribution is 0.623. The molecule has 2 saturated carbocycles. The van der Waals surface area contributed by atoms with Crippen molar-refractivity contribution >= 4 is 0 Å². The normalized spacial score (nSPS) is 28.1. The lowest BCUT2D eigenvalue weighted by atomic mass is 10.1. The van der Waals surface area contributed by atoms with Crippen LogP contribution in [-0.2, 0) is 6.54 Å². The first-order chi connectivity index (χ1) is 7.86. The van der Waals surface area contributed by atoms with Gasteiger partial charge in [0.1, 0.15) is 0 Å². The van der Waals surface area contributed by atoms with E-state index < -0.39 is 0 Å². The zero-order chi connectivity index (χ0) is 11.0. The van der Waals surface area contributed by atoms with E-state index in [2.05, 4.69) is 36.5 Å². The molecule has 1 aromatic carbocycles. The van der Waals surface area contributed by atoms with Crippen LogP contribution in [0, 0.1) is 5.92 Å². The van der Waals surface area contributed by atoms with Gasteiger partial charge in [-0.25, -0.2) is 0 Å². The molecule has 16 heavy (non-hydrogen) atoms. The Hall–Kier alpha value is -0.820. The Labute approximate surface area is 98.3 Å². The van der Waals surface area contributed by atoms with E-state index in [9.17, 15) is 0 Å². The summed E-state index contributed by atoms with van der Waals surface area (Å²) in [5.74, 6) is 1.83. The Bertz CT molecular complexity index is 367. The molecule has 0 heterocycles. The Morgan fingerprint density at radius 2 is 2.19 bits per heavy atom. The Balaban J connectivity index is 1.55. The van der Waals surface area contributed by atoms with Crippen molar-refractivity contribution in [1.82, 2.24) is 5.32 Å². The third-order valence-electron chi connectivity index (χ3n) is 4.02. The van der Waals surface area contributed by atoms with E-state index in [0.717, 1.165) is 24.4 Å². The van der Waals surface area contributed by atoms with Gasteiger partial charge in [-0.1, -0.05) is 37.6 Å². The van der Waals surface area contributed by atoms with Crippen molar-refractivity contribution in [1.29, 1.82) is 0 Å². The third kappa shape index (κ3) is 2.30. The molecule has 0 aromatic heterocycles. The van der Waals surface area contributed by atoms with Crippen molar-refractivity contribution in [3.8, 4) is 0 Å². The SMILES string of the molecule is CCC1CC1NCc1cccc(C2CC2)c1. The molecule has 1 heteroatoms. The summed E-state index contributed by atoms with van der Waals surface area (Å²) in [6, 6.07) is 9.95. The number of nitrogens with one attached hydrogen (secondary N) is 1. The molecule has 1 nitrogen and oxygen atoms in total. The molecular formula is C15H21N. The molecule has 0 aliphatic heterocycles. The fraction of sp³-hybridized carbons (Fsp3) is 0.600. The zero-order valence-corrected chi connectivity index (χ0v) is 10.1. The van der Waals surface area contributed by atoms with Gasteiger partial charge in [-0.2, -0.15) is 0 Å². The lowest BCUT2D eigenvalue weighted by Crippen LogP contribution is -2.17. The second-order valence-electron chi connectivity index (χ2n) is 5.41. The number of rotatable bonds is 5. The van der Waals surface area contributed by atoms with Crippen LogP contribution in [0.1, 0.15) is 49.7 Å². The summed E-state index contributed by atoms with van der Waals surface area (Å²) in [5, 5.41) is 3.66. The molecule has 86 valence electrons. The minimum Gasteiger partial charge on any atom is -0.310 e. The van der Waals surface area contributed by atoms with Gasteiger partial charge >= 0.3 is 0 Å². The summed E-state index contributed by atoms with van der Waals surface area (Å²) in [6.07, 6.45) is 5.52. The average Bonchev–Trinajstić information content (AvgIpc) is 3.19. The van der Waals surface area contributed by atoms with Gasteiger partial charge in [0.05, 0.1) is 0 Å². The van der Waals surface area contributed by atoms with Gasteiger partial charge in [0.2, 0.25) is 0 Å². The van der Waals surface area contributed by atoms with Crippen LogP contribution in [0.5, 0.6) is 0 Å². The summed E-state index contributed by atoms with van der Waals surface area (Å²) in [5.41, 5.74) is 3.02. The smallest absolute Gasteiger partial charge is 0.0208 e. The van der Waals surface area contributed by atoms with Crippen LogP contribution in [-0.4, -0.2) is 6.04 Å². The minimum atomic E-state index is 0.801. The molecule has 2 aliphatic carbocycles. The van der Waals surface area contributed by atoms with Crippen molar-refractivity contribution in [2.45, 2.75) is 51.1 Å². The van der Waals surface area contributed by atoms with Gasteiger partial charge in [-0.05, 0) is 42.2 Å². The summed E-state index contributed by atoms with van der Waals surface area (Å²) < 4.78 is 0. The average molecular weight is 215 g/mol. The third-order valence-corrected chi connectivity index (χ3v) is 4.02. The molecule has 0 saturated heterocycles. The fourth-order valence-corrected chi connectivity index (χ4v) is 2.57. The van der Waals surface area contributed by atoms with E-state index >= 15 is 0 Å². The van der Waals surface area contributed by atoms with Crippen LogP contribution in [0.3, 0.4) is 0 Å². The highest BCUT2D eigenvalue weighted by molar-refractivity contribution is 5.29. The van der Waals surface area contributed by atoms with Crippen molar-refractivity contribution in [2.24, 2.45) is 5.92 Å². The molecule has 0 radical (unpaired) electrons. The van der Waals surface area contributed by atoms with Crippen molar-refractivity contribution in [2.75, 3.05) is 0 Å². The van der Waals surface area contributed by atoms with E-state index in [1.807, 2.05) is 0 Å². The predicted molar refractivity (Wildman–Crippen MR) is 67.4 cm³/mol. The van der Waals surface area contributed by atoms with E-state index in [0.29, 0.717) is 0 Å². The van der Waals surface area contributed by atoms with Crippen LogP contribution < -0.4 is 5.32 Å². The minimum absolute atomic E-state index is 0.801. The lowest BCUT2D eigenvalue weighted by Gasteiger charge is -2.06. The summed E-state index contributed by atoms with van der Waals surface area (Å²) in [4.78, 5) is 0. The summed E-state index contributed by atoms with van der Waals surface area (Å²) >= 11 is 0. The van der Waals surface area contributed by atoms with Gasteiger partial charge in [0, 0.05) is 12.6 Å². The van der Waals surface area contributed by atoms with Crippen LogP contribution in [0.15, 0.2) is 24.3 Å². The molecule has 2 fully saturated rings.